The SMILES string of the molecule is COC(CN)CC(=O)NCCc1nc(-c2cccc(Cl)c2)no1.Cl. The van der Waals surface area contributed by atoms with Crippen LogP contribution in [-0.4, -0.2) is 42.4 Å². The van der Waals surface area contributed by atoms with E-state index in [1.54, 1.807) is 12.1 Å². The standard InChI is InChI=1S/C15H19ClN4O3.ClH/c1-22-12(9-17)8-13(21)18-6-5-14-19-15(20-23-14)10-3-2-4-11(16)7-10;/h2-4,7,12H,5-6,8-9,17H2,1H3,(H,18,21);1H. The minimum Gasteiger partial charge on any atom is -0.380 e. The molecule has 2 aromatic rings. The molecule has 0 saturated carbocycles. The van der Waals surface area contributed by atoms with Gasteiger partial charge in [-0.25, -0.2) is 0 Å². The number of benzene rings is 1. The Balaban J connectivity index is 0.00000288. The van der Waals surface area contributed by atoms with Crippen molar-refractivity contribution in [2.45, 2.75) is 18.9 Å². The van der Waals surface area contributed by atoms with Crippen LogP contribution in [0.4, 0.5) is 0 Å². The molecular formula is C15H20Cl2N4O3. The molecule has 1 atom stereocenters. The molecule has 1 heterocycles. The van der Waals surface area contributed by atoms with Crippen LogP contribution in [0.3, 0.4) is 0 Å². The largest absolute Gasteiger partial charge is 0.380 e. The molecule has 2 rings (SSSR count). The number of amides is 1. The zero-order chi connectivity index (χ0) is 16.7. The van der Waals surface area contributed by atoms with Gasteiger partial charge in [0.2, 0.25) is 17.6 Å². The van der Waals surface area contributed by atoms with E-state index in [1.807, 2.05) is 12.1 Å². The Labute approximate surface area is 151 Å². The molecule has 1 amide bonds. The van der Waals surface area contributed by atoms with Crippen LogP contribution in [0.15, 0.2) is 28.8 Å². The number of rotatable bonds is 8. The number of nitrogens with one attached hydrogen (secondary N) is 1. The lowest BCUT2D eigenvalue weighted by Gasteiger charge is -2.11. The van der Waals surface area contributed by atoms with E-state index in [0.29, 0.717) is 36.2 Å². The number of methoxy groups -OCH3 is 1. The van der Waals surface area contributed by atoms with Gasteiger partial charge >= 0.3 is 0 Å². The van der Waals surface area contributed by atoms with E-state index < -0.39 is 0 Å². The Bertz CT molecular complexity index is 647. The van der Waals surface area contributed by atoms with Crippen molar-refractivity contribution in [1.82, 2.24) is 15.5 Å². The molecule has 7 nitrogen and oxygen atoms in total. The average Bonchev–Trinajstić information content (AvgIpc) is 3.01. The maximum atomic E-state index is 11.7. The van der Waals surface area contributed by atoms with Crippen molar-refractivity contribution in [2.24, 2.45) is 5.73 Å². The number of hydrogen-bond acceptors (Lipinski definition) is 6. The summed E-state index contributed by atoms with van der Waals surface area (Å²) in [6.45, 7) is 0.702. The topological polar surface area (TPSA) is 103 Å². The van der Waals surface area contributed by atoms with Crippen molar-refractivity contribution in [3.8, 4) is 11.4 Å². The highest BCUT2D eigenvalue weighted by atomic mass is 35.5. The Morgan fingerprint density at radius 1 is 1.50 bits per heavy atom. The summed E-state index contributed by atoms with van der Waals surface area (Å²) < 4.78 is 10.2. The number of hydrogen-bond donors (Lipinski definition) is 2. The van der Waals surface area contributed by atoms with Gasteiger partial charge in [-0.05, 0) is 12.1 Å². The Kier molecular flexibility index (Phi) is 8.70. The lowest BCUT2D eigenvalue weighted by molar-refractivity contribution is -0.123. The monoisotopic (exact) mass is 374 g/mol. The van der Waals surface area contributed by atoms with Crippen molar-refractivity contribution in [1.29, 1.82) is 0 Å². The van der Waals surface area contributed by atoms with E-state index in [9.17, 15) is 4.79 Å². The van der Waals surface area contributed by atoms with Gasteiger partial charge in [-0.2, -0.15) is 4.98 Å². The second-order valence-corrected chi connectivity index (χ2v) is 5.36. The molecule has 24 heavy (non-hydrogen) atoms. The first-order valence-electron chi connectivity index (χ1n) is 7.20. The van der Waals surface area contributed by atoms with Crippen LogP contribution in [0, 0.1) is 0 Å². The number of carbonyl (C=O) groups excluding carboxylic acids is 1. The lowest BCUT2D eigenvalue weighted by atomic mass is 10.2. The summed E-state index contributed by atoms with van der Waals surface area (Å²) in [6, 6.07) is 7.20. The van der Waals surface area contributed by atoms with Crippen LogP contribution in [-0.2, 0) is 16.0 Å². The number of ether oxygens (including phenoxy) is 1. The molecule has 9 heteroatoms. The molecule has 3 N–H and O–H groups in total. The van der Waals surface area contributed by atoms with E-state index in [4.69, 9.17) is 26.6 Å². The van der Waals surface area contributed by atoms with Crippen molar-refractivity contribution >= 4 is 29.9 Å². The molecular weight excluding hydrogens is 355 g/mol. The summed E-state index contributed by atoms with van der Waals surface area (Å²) in [7, 11) is 1.53. The molecule has 1 aromatic heterocycles. The highest BCUT2D eigenvalue weighted by Crippen LogP contribution is 2.19. The highest BCUT2D eigenvalue weighted by molar-refractivity contribution is 6.30. The highest BCUT2D eigenvalue weighted by Gasteiger charge is 2.12. The molecule has 0 bridgehead atoms. The number of carbonyl (C=O) groups is 1. The second kappa shape index (κ2) is 10.2. The zero-order valence-electron chi connectivity index (χ0n) is 13.2. The van der Waals surface area contributed by atoms with E-state index >= 15 is 0 Å². The summed E-state index contributed by atoms with van der Waals surface area (Å²) in [4.78, 5) is 16.0. The summed E-state index contributed by atoms with van der Waals surface area (Å²) in [5.74, 6) is 0.788. The fraction of sp³-hybridized carbons (Fsp3) is 0.400. The summed E-state index contributed by atoms with van der Waals surface area (Å²) >= 11 is 5.93. The summed E-state index contributed by atoms with van der Waals surface area (Å²) in [5, 5.41) is 7.28. The van der Waals surface area contributed by atoms with Crippen LogP contribution >= 0.6 is 24.0 Å². The number of aromatic nitrogens is 2. The van der Waals surface area contributed by atoms with Gasteiger partial charge < -0.3 is 20.3 Å². The minimum atomic E-state index is -0.271. The molecule has 1 unspecified atom stereocenters. The van der Waals surface area contributed by atoms with Crippen LogP contribution in [0.1, 0.15) is 12.3 Å². The van der Waals surface area contributed by atoms with E-state index in [-0.39, 0.29) is 30.8 Å². The van der Waals surface area contributed by atoms with Gasteiger partial charge in [0.25, 0.3) is 0 Å². The van der Waals surface area contributed by atoms with Gasteiger partial charge in [-0.3, -0.25) is 4.79 Å². The van der Waals surface area contributed by atoms with Gasteiger partial charge in [-0.15, -0.1) is 12.4 Å². The third-order valence-corrected chi connectivity index (χ3v) is 3.46. The molecule has 0 saturated heterocycles. The van der Waals surface area contributed by atoms with Gasteiger partial charge in [0.15, 0.2) is 0 Å². The van der Waals surface area contributed by atoms with Gasteiger partial charge in [0, 0.05) is 37.2 Å². The van der Waals surface area contributed by atoms with Crippen molar-refractivity contribution in [3.63, 3.8) is 0 Å². The van der Waals surface area contributed by atoms with Crippen LogP contribution in [0.5, 0.6) is 0 Å². The fourth-order valence-corrected chi connectivity index (χ4v) is 2.14. The van der Waals surface area contributed by atoms with E-state index in [0.717, 1.165) is 5.56 Å². The smallest absolute Gasteiger partial charge is 0.228 e. The first-order chi connectivity index (χ1) is 11.1. The number of nitrogens with zero attached hydrogens (tertiary/aromatic N) is 2. The normalized spacial score (nSPS) is 11.6. The third-order valence-electron chi connectivity index (χ3n) is 3.22. The average molecular weight is 375 g/mol. The maximum absolute atomic E-state index is 11.7. The molecule has 0 radical (unpaired) electrons. The van der Waals surface area contributed by atoms with Crippen molar-refractivity contribution < 1.29 is 14.1 Å². The second-order valence-electron chi connectivity index (χ2n) is 4.92. The van der Waals surface area contributed by atoms with Crippen molar-refractivity contribution in [3.05, 3.63) is 35.2 Å². The van der Waals surface area contributed by atoms with Crippen LogP contribution in [0.25, 0.3) is 11.4 Å². The molecule has 0 aliphatic rings. The molecule has 1 aromatic carbocycles. The first kappa shape index (κ1) is 20.4. The van der Waals surface area contributed by atoms with Crippen LogP contribution in [0.2, 0.25) is 5.02 Å². The molecule has 0 fully saturated rings. The van der Waals surface area contributed by atoms with Gasteiger partial charge in [0.1, 0.15) is 0 Å². The minimum absolute atomic E-state index is 0. The molecule has 0 aliphatic carbocycles. The maximum Gasteiger partial charge on any atom is 0.228 e. The molecule has 0 spiro atoms. The van der Waals surface area contributed by atoms with Gasteiger partial charge in [-0.1, -0.05) is 28.9 Å². The fourth-order valence-electron chi connectivity index (χ4n) is 1.95. The Hall–Kier alpha value is -1.67. The Morgan fingerprint density at radius 3 is 2.96 bits per heavy atom. The quantitative estimate of drug-likeness (QED) is 0.730. The van der Waals surface area contributed by atoms with Crippen LogP contribution < -0.4 is 11.1 Å². The third kappa shape index (κ3) is 6.09. The molecule has 132 valence electrons. The number of halogens is 2. The van der Waals surface area contributed by atoms with E-state index in [2.05, 4.69) is 15.5 Å². The van der Waals surface area contributed by atoms with E-state index in [1.165, 1.54) is 7.11 Å². The van der Waals surface area contributed by atoms with Crippen molar-refractivity contribution in [2.75, 3.05) is 20.2 Å². The zero-order valence-corrected chi connectivity index (χ0v) is 14.8. The molecule has 0 aliphatic heterocycles. The lowest BCUT2D eigenvalue weighted by Crippen LogP contribution is -2.33. The van der Waals surface area contributed by atoms with Gasteiger partial charge in [0.05, 0.1) is 12.5 Å². The first-order valence-corrected chi connectivity index (χ1v) is 7.58. The predicted octanol–water partition coefficient (Wildman–Crippen LogP) is 1.83. The summed E-state index contributed by atoms with van der Waals surface area (Å²) in [5.41, 5.74) is 6.25. The predicted molar refractivity (Wildman–Crippen MR) is 93.2 cm³/mol. The number of nitrogens with two attached hydrogens (primary N) is 1. The summed E-state index contributed by atoms with van der Waals surface area (Å²) in [6.07, 6.45) is 0.400. The Morgan fingerprint density at radius 2 is 2.29 bits per heavy atom.